The fraction of sp³-hybridized carbons (Fsp3) is 0.393. The summed E-state index contributed by atoms with van der Waals surface area (Å²) in [5, 5.41) is -0.729. The van der Waals surface area contributed by atoms with E-state index in [2.05, 4.69) is 11.6 Å². The number of halogens is 6. The molecule has 9 nitrogen and oxygen atoms in total. The van der Waals surface area contributed by atoms with E-state index >= 15 is 4.39 Å². The normalized spacial score (nSPS) is 22.5. The van der Waals surface area contributed by atoms with Crippen LogP contribution in [-0.2, 0) is 25.5 Å². The Hall–Kier alpha value is -3.21. The molecule has 3 atom stereocenters. The lowest BCUT2D eigenvalue weighted by molar-refractivity contribution is -0.137. The number of aromatic nitrogens is 2. The molecule has 3 aliphatic heterocycles. The van der Waals surface area contributed by atoms with Crippen LogP contribution in [0.2, 0.25) is 5.02 Å². The van der Waals surface area contributed by atoms with Gasteiger partial charge in [0.25, 0.3) is 0 Å². The summed E-state index contributed by atoms with van der Waals surface area (Å²) in [5.41, 5.74) is -3.35. The van der Waals surface area contributed by atoms with E-state index in [1.807, 2.05) is 0 Å². The van der Waals surface area contributed by atoms with Crippen LogP contribution in [0.4, 0.5) is 27.8 Å². The zero-order valence-electron chi connectivity index (χ0n) is 23.4. The summed E-state index contributed by atoms with van der Waals surface area (Å²) in [6.45, 7) is 3.42. The van der Waals surface area contributed by atoms with Gasteiger partial charge in [0.1, 0.15) is 17.5 Å². The van der Waals surface area contributed by atoms with Gasteiger partial charge >= 0.3 is 11.9 Å². The van der Waals surface area contributed by atoms with E-state index in [1.54, 1.807) is 0 Å². The minimum absolute atomic E-state index is 0.000842. The molecule has 45 heavy (non-hydrogen) atoms. The van der Waals surface area contributed by atoms with Gasteiger partial charge in [-0.25, -0.2) is 22.0 Å². The van der Waals surface area contributed by atoms with E-state index in [9.17, 15) is 35.6 Å². The Balaban J connectivity index is 1.68. The van der Waals surface area contributed by atoms with Gasteiger partial charge in [0, 0.05) is 53.4 Å². The third kappa shape index (κ3) is 5.28. The Bertz CT molecular complexity index is 1940. The van der Waals surface area contributed by atoms with E-state index in [1.165, 1.54) is 21.5 Å². The minimum atomic E-state index is -5.07. The first kappa shape index (κ1) is 31.8. The van der Waals surface area contributed by atoms with Crippen LogP contribution in [0, 0.1) is 11.6 Å². The van der Waals surface area contributed by atoms with Crippen molar-refractivity contribution in [3.05, 3.63) is 63.6 Å². The molecule has 2 fully saturated rings. The molecule has 17 heteroatoms. The van der Waals surface area contributed by atoms with Crippen molar-refractivity contribution in [3.63, 3.8) is 0 Å². The molecule has 0 saturated carbocycles. The number of piperazine rings is 1. The maximum atomic E-state index is 15.2. The summed E-state index contributed by atoms with van der Waals surface area (Å²) >= 11 is 6.84. The Labute approximate surface area is 262 Å². The van der Waals surface area contributed by atoms with Gasteiger partial charge in [0.15, 0.2) is 9.84 Å². The zero-order chi connectivity index (χ0) is 32.6. The number of benzene rings is 2. The number of sulfone groups is 1. The van der Waals surface area contributed by atoms with Crippen molar-refractivity contribution >= 4 is 55.8 Å². The Morgan fingerprint density at radius 3 is 2.56 bits per heavy atom. The quantitative estimate of drug-likeness (QED) is 0.222. The third-order valence-electron chi connectivity index (χ3n) is 8.28. The first-order valence-electron chi connectivity index (χ1n) is 13.5. The van der Waals surface area contributed by atoms with Crippen LogP contribution in [0.1, 0.15) is 11.6 Å². The minimum Gasteiger partial charge on any atom is -0.383 e. The summed E-state index contributed by atoms with van der Waals surface area (Å²) in [6.07, 6.45) is -4.01. The molecule has 4 heterocycles. The molecule has 0 N–H and O–H groups in total. The second kappa shape index (κ2) is 11.2. The molecule has 2 saturated heterocycles. The van der Waals surface area contributed by atoms with E-state index in [0.29, 0.717) is 6.07 Å². The van der Waals surface area contributed by atoms with Crippen molar-refractivity contribution in [1.82, 2.24) is 14.5 Å². The number of hydrogen-bond donors (Lipinski definition) is 0. The molecular formula is C28H24ClF5N4O5S2. The highest BCUT2D eigenvalue weighted by molar-refractivity contribution is 7.99. The number of alkyl halides is 3. The number of fused-ring (bicyclic) bond motifs is 1. The van der Waals surface area contributed by atoms with Crippen LogP contribution < -0.4 is 10.6 Å². The van der Waals surface area contributed by atoms with E-state index < -0.39 is 84.8 Å². The van der Waals surface area contributed by atoms with Crippen LogP contribution in [0.15, 0.2) is 40.5 Å². The van der Waals surface area contributed by atoms with Crippen LogP contribution in [0.3, 0.4) is 0 Å². The van der Waals surface area contributed by atoms with Crippen molar-refractivity contribution in [1.29, 1.82) is 0 Å². The maximum absolute atomic E-state index is 15.2. The average molecular weight is 691 g/mol. The first-order valence-corrected chi connectivity index (χ1v) is 16.7. The van der Waals surface area contributed by atoms with Gasteiger partial charge in [-0.1, -0.05) is 18.2 Å². The van der Waals surface area contributed by atoms with Crippen LogP contribution in [-0.4, -0.2) is 84.9 Å². The molecule has 6 rings (SSSR count). The van der Waals surface area contributed by atoms with E-state index in [-0.39, 0.29) is 52.8 Å². The van der Waals surface area contributed by atoms with Gasteiger partial charge < -0.3 is 14.5 Å². The smallest absolute Gasteiger partial charge is 0.383 e. The number of rotatable bonds is 5. The molecule has 0 aliphatic carbocycles. The Kier molecular flexibility index (Phi) is 7.93. The predicted octanol–water partition coefficient (Wildman–Crippen LogP) is 4.31. The topological polar surface area (TPSA) is 102 Å². The molecule has 0 radical (unpaired) electrons. The van der Waals surface area contributed by atoms with Gasteiger partial charge in [-0.3, -0.25) is 9.36 Å². The number of thioether (sulfide) groups is 1. The number of carbonyl (C=O) groups excluding carboxylic acids is 1. The second-order valence-corrected chi connectivity index (χ2v) is 14.5. The molecule has 240 valence electrons. The number of nitrogens with zero attached hydrogens (tertiary/aromatic N) is 4. The highest BCUT2D eigenvalue weighted by Crippen LogP contribution is 2.51. The molecule has 0 spiro atoms. The van der Waals surface area contributed by atoms with Crippen LogP contribution >= 0.6 is 23.4 Å². The van der Waals surface area contributed by atoms with Gasteiger partial charge in [-0.05, 0) is 18.2 Å². The summed E-state index contributed by atoms with van der Waals surface area (Å²) in [6, 6.07) is -0.542. The average Bonchev–Trinajstić information content (AvgIpc) is 3.30. The fourth-order valence-corrected chi connectivity index (χ4v) is 9.90. The number of ether oxygens (including phenoxy) is 1. The SMILES string of the molecule is C=CC(=O)N1CCN(c2nc(=O)n3c4c(c(-c5cc(Cl)c(F)cc5F)c(C(F)(F)F)cc24)SC[C@@H]3COC)C2CS(=O)(=O)CC21. The summed E-state index contributed by atoms with van der Waals surface area (Å²) in [7, 11) is -2.29. The number of carbonyl (C=O) groups is 1. The molecular weight excluding hydrogens is 667 g/mol. The first-order chi connectivity index (χ1) is 21.2. The van der Waals surface area contributed by atoms with Gasteiger partial charge in [-0.15, -0.1) is 11.8 Å². The van der Waals surface area contributed by atoms with Crippen molar-refractivity contribution in [3.8, 4) is 11.1 Å². The van der Waals surface area contributed by atoms with E-state index in [0.717, 1.165) is 30.0 Å². The van der Waals surface area contributed by atoms with Crippen LogP contribution in [0.5, 0.6) is 0 Å². The number of amides is 1. The van der Waals surface area contributed by atoms with Crippen molar-refractivity contribution < 1.29 is 39.9 Å². The second-order valence-electron chi connectivity index (χ2n) is 10.9. The molecule has 3 aromatic rings. The van der Waals surface area contributed by atoms with Gasteiger partial charge in [0.05, 0.1) is 52.3 Å². The molecule has 2 unspecified atom stereocenters. The monoisotopic (exact) mass is 690 g/mol. The number of anilines is 1. The lowest BCUT2D eigenvalue weighted by Crippen LogP contribution is -2.61. The standard InChI is InChI=1S/C28H24ClF5N4O5S2/c1-3-22(39)36-4-5-37(21-12-45(41,42)11-20(21)36)26-15-6-16(28(32,33)34)23(14-7-17(29)19(31)8-18(14)30)25-24(15)38(27(40)35-26)13(9-43-2)10-44-25/h3,6-8,13,20-21H,1,4-5,9-12H2,2H3/t13-,20?,21?/m0/s1. The lowest BCUT2D eigenvalue weighted by Gasteiger charge is -2.44. The lowest BCUT2D eigenvalue weighted by atomic mass is 9.95. The fourth-order valence-electron chi connectivity index (χ4n) is 6.44. The molecule has 2 aromatic carbocycles. The maximum Gasteiger partial charge on any atom is 0.417 e. The van der Waals surface area contributed by atoms with Crippen molar-refractivity contribution in [2.45, 2.75) is 29.2 Å². The zero-order valence-corrected chi connectivity index (χ0v) is 25.8. The molecule has 1 amide bonds. The summed E-state index contributed by atoms with van der Waals surface area (Å²) < 4.78 is 106. The number of methoxy groups -OCH3 is 1. The van der Waals surface area contributed by atoms with Gasteiger partial charge in [-0.2, -0.15) is 18.2 Å². The Morgan fingerprint density at radius 1 is 1.18 bits per heavy atom. The molecule has 0 bridgehead atoms. The number of hydrogen-bond acceptors (Lipinski definition) is 8. The summed E-state index contributed by atoms with van der Waals surface area (Å²) in [5.74, 6) is -3.90. The van der Waals surface area contributed by atoms with Crippen molar-refractivity contribution in [2.75, 3.05) is 49.0 Å². The largest absolute Gasteiger partial charge is 0.417 e. The van der Waals surface area contributed by atoms with Crippen LogP contribution in [0.25, 0.3) is 22.0 Å². The Morgan fingerprint density at radius 2 is 1.89 bits per heavy atom. The van der Waals surface area contributed by atoms with E-state index in [4.69, 9.17) is 16.3 Å². The molecule has 1 aromatic heterocycles. The molecule has 3 aliphatic rings. The summed E-state index contributed by atoms with van der Waals surface area (Å²) in [4.78, 5) is 33.2. The van der Waals surface area contributed by atoms with Crippen molar-refractivity contribution in [2.24, 2.45) is 0 Å². The predicted molar refractivity (Wildman–Crippen MR) is 158 cm³/mol. The highest BCUT2D eigenvalue weighted by atomic mass is 35.5. The third-order valence-corrected chi connectivity index (χ3v) is 11.5. The van der Waals surface area contributed by atoms with Gasteiger partial charge in [0.2, 0.25) is 5.91 Å². The highest BCUT2D eigenvalue weighted by Gasteiger charge is 2.49.